The molecule has 0 aliphatic heterocycles. The van der Waals surface area contributed by atoms with Crippen molar-refractivity contribution in [2.75, 3.05) is 0 Å². The summed E-state index contributed by atoms with van der Waals surface area (Å²) < 4.78 is 5.50. The topological polar surface area (TPSA) is 87.7 Å². The normalized spacial score (nSPS) is 14.1. The van der Waals surface area contributed by atoms with Crippen LogP contribution in [-0.2, 0) is 20.7 Å². The summed E-state index contributed by atoms with van der Waals surface area (Å²) in [6.07, 6.45) is 0.205. The van der Waals surface area contributed by atoms with Crippen LogP contribution in [0.3, 0.4) is 0 Å². The predicted octanol–water partition coefficient (Wildman–Crippen LogP) is 5.71. The SMILES string of the molecule is CCC(C)N(C(=O)C(Cc1ccccc1)NC(=O)OC(C)(C)C)C(C(=O)NC(C)(C)C)c1ccccc1C. The highest BCUT2D eigenvalue weighted by molar-refractivity contribution is 5.93. The van der Waals surface area contributed by atoms with Crippen LogP contribution in [0.1, 0.15) is 84.5 Å². The van der Waals surface area contributed by atoms with Crippen LogP contribution >= 0.6 is 0 Å². The number of nitrogens with zero attached hydrogens (tertiary/aromatic N) is 1. The number of hydrogen-bond acceptors (Lipinski definition) is 4. The lowest BCUT2D eigenvalue weighted by molar-refractivity contribution is -0.145. The Kier molecular flexibility index (Phi) is 10.5. The van der Waals surface area contributed by atoms with Crippen molar-refractivity contribution in [1.29, 1.82) is 0 Å². The molecule has 0 saturated carbocycles. The maximum absolute atomic E-state index is 14.4. The third-order valence-corrected chi connectivity index (χ3v) is 6.10. The first-order valence-corrected chi connectivity index (χ1v) is 13.4. The van der Waals surface area contributed by atoms with Gasteiger partial charge in [0.2, 0.25) is 11.8 Å². The number of carbonyl (C=O) groups excluding carboxylic acids is 3. The summed E-state index contributed by atoms with van der Waals surface area (Å²) in [5.41, 5.74) is 1.32. The van der Waals surface area contributed by atoms with Crippen LogP contribution in [-0.4, -0.2) is 46.0 Å². The molecular weight excluding hydrogens is 478 g/mol. The molecule has 2 N–H and O–H groups in total. The second kappa shape index (κ2) is 12.9. The zero-order chi connectivity index (χ0) is 28.7. The summed E-state index contributed by atoms with van der Waals surface area (Å²) in [6, 6.07) is 15.0. The van der Waals surface area contributed by atoms with Crippen LogP contribution in [0.5, 0.6) is 0 Å². The fourth-order valence-corrected chi connectivity index (χ4v) is 4.22. The second-order valence-electron chi connectivity index (χ2n) is 11.9. The van der Waals surface area contributed by atoms with Gasteiger partial charge in [-0.15, -0.1) is 0 Å². The van der Waals surface area contributed by atoms with Crippen LogP contribution in [0.4, 0.5) is 4.79 Å². The van der Waals surface area contributed by atoms with E-state index in [4.69, 9.17) is 4.74 Å². The maximum atomic E-state index is 14.4. The van der Waals surface area contributed by atoms with E-state index in [1.165, 1.54) is 0 Å². The quantitative estimate of drug-likeness (QED) is 0.440. The summed E-state index contributed by atoms with van der Waals surface area (Å²) in [5, 5.41) is 5.88. The summed E-state index contributed by atoms with van der Waals surface area (Å²) >= 11 is 0. The Morgan fingerprint density at radius 2 is 1.50 bits per heavy atom. The maximum Gasteiger partial charge on any atom is 0.408 e. The van der Waals surface area contributed by atoms with Gasteiger partial charge in [-0.25, -0.2) is 4.79 Å². The van der Waals surface area contributed by atoms with Gasteiger partial charge in [0.25, 0.3) is 0 Å². The van der Waals surface area contributed by atoms with Crippen molar-refractivity contribution in [3.8, 4) is 0 Å². The van der Waals surface area contributed by atoms with E-state index in [0.29, 0.717) is 6.42 Å². The molecule has 0 spiro atoms. The number of carbonyl (C=O) groups is 3. The van der Waals surface area contributed by atoms with Gasteiger partial charge in [-0.05, 0) is 78.5 Å². The Hall–Kier alpha value is -3.35. The summed E-state index contributed by atoms with van der Waals surface area (Å²) in [5.74, 6) is -0.609. The van der Waals surface area contributed by atoms with Gasteiger partial charge in [0.15, 0.2) is 0 Å². The van der Waals surface area contributed by atoms with Gasteiger partial charge in [0, 0.05) is 18.0 Å². The number of rotatable bonds is 9. The Bertz CT molecular complexity index is 1090. The molecule has 0 aromatic heterocycles. The fraction of sp³-hybridized carbons (Fsp3) is 0.516. The minimum Gasteiger partial charge on any atom is -0.444 e. The third kappa shape index (κ3) is 9.19. The molecule has 208 valence electrons. The van der Waals surface area contributed by atoms with Crippen LogP contribution in [0.2, 0.25) is 0 Å². The van der Waals surface area contributed by atoms with Gasteiger partial charge in [0.1, 0.15) is 17.7 Å². The zero-order valence-corrected chi connectivity index (χ0v) is 24.4. The molecule has 7 nitrogen and oxygen atoms in total. The van der Waals surface area contributed by atoms with Gasteiger partial charge >= 0.3 is 6.09 Å². The van der Waals surface area contributed by atoms with Crippen molar-refractivity contribution in [2.45, 2.75) is 104 Å². The van der Waals surface area contributed by atoms with Crippen LogP contribution in [0.15, 0.2) is 54.6 Å². The van der Waals surface area contributed by atoms with E-state index in [1.54, 1.807) is 25.7 Å². The molecule has 3 unspecified atom stereocenters. The van der Waals surface area contributed by atoms with Gasteiger partial charge in [-0.1, -0.05) is 61.5 Å². The molecule has 0 fully saturated rings. The van der Waals surface area contributed by atoms with E-state index >= 15 is 0 Å². The Morgan fingerprint density at radius 1 is 0.921 bits per heavy atom. The molecule has 0 saturated heterocycles. The van der Waals surface area contributed by atoms with Crippen molar-refractivity contribution < 1.29 is 19.1 Å². The van der Waals surface area contributed by atoms with Crippen LogP contribution in [0.25, 0.3) is 0 Å². The molecular formula is C31H45N3O4. The standard InChI is InChI=1S/C31H45N3O4/c1-10-22(3)34(26(27(35)33-30(4,5)6)24-19-15-14-16-21(24)2)28(36)25(20-23-17-12-11-13-18-23)32-29(37)38-31(7,8)9/h11-19,22,25-26H,10,20H2,1-9H3,(H,32,37)(H,33,35). The van der Waals surface area contributed by atoms with Gasteiger partial charge in [-0.2, -0.15) is 0 Å². The third-order valence-electron chi connectivity index (χ3n) is 6.10. The zero-order valence-electron chi connectivity index (χ0n) is 24.4. The van der Waals surface area contributed by atoms with Crippen molar-refractivity contribution in [3.63, 3.8) is 0 Å². The van der Waals surface area contributed by atoms with Crippen molar-refractivity contribution in [3.05, 3.63) is 71.3 Å². The number of nitrogens with one attached hydrogen (secondary N) is 2. The van der Waals surface area contributed by atoms with Gasteiger partial charge < -0.3 is 20.3 Å². The molecule has 0 radical (unpaired) electrons. The number of aryl methyl sites for hydroxylation is 1. The monoisotopic (exact) mass is 523 g/mol. The average Bonchev–Trinajstić information content (AvgIpc) is 2.80. The number of ether oxygens (including phenoxy) is 1. The molecule has 2 aromatic carbocycles. The number of amides is 3. The average molecular weight is 524 g/mol. The Morgan fingerprint density at radius 3 is 2.03 bits per heavy atom. The van der Waals surface area contributed by atoms with E-state index in [9.17, 15) is 14.4 Å². The highest BCUT2D eigenvalue weighted by Gasteiger charge is 2.39. The number of benzene rings is 2. The fourth-order valence-electron chi connectivity index (χ4n) is 4.22. The molecule has 3 amide bonds. The van der Waals surface area contributed by atoms with E-state index in [1.807, 2.05) is 96.1 Å². The lowest BCUT2D eigenvalue weighted by Crippen LogP contribution is -2.57. The first-order valence-electron chi connectivity index (χ1n) is 13.4. The van der Waals surface area contributed by atoms with Gasteiger partial charge in [0.05, 0.1) is 0 Å². The van der Waals surface area contributed by atoms with Gasteiger partial charge in [-0.3, -0.25) is 9.59 Å². The molecule has 38 heavy (non-hydrogen) atoms. The Labute approximate surface area is 228 Å². The van der Waals surface area contributed by atoms with Crippen molar-refractivity contribution in [1.82, 2.24) is 15.5 Å². The minimum atomic E-state index is -0.935. The second-order valence-corrected chi connectivity index (χ2v) is 11.9. The summed E-state index contributed by atoms with van der Waals surface area (Å²) in [4.78, 5) is 42.8. The summed E-state index contributed by atoms with van der Waals surface area (Å²) in [6.45, 7) is 16.9. The molecule has 0 aliphatic carbocycles. The van der Waals surface area contributed by atoms with E-state index in [0.717, 1.165) is 16.7 Å². The smallest absolute Gasteiger partial charge is 0.408 e. The number of alkyl carbamates (subject to hydrolysis) is 1. The molecule has 2 rings (SSSR count). The van der Waals surface area contributed by atoms with E-state index in [2.05, 4.69) is 10.6 Å². The largest absolute Gasteiger partial charge is 0.444 e. The lowest BCUT2D eigenvalue weighted by atomic mass is 9.94. The molecule has 0 bridgehead atoms. The molecule has 7 heteroatoms. The van der Waals surface area contributed by atoms with Crippen molar-refractivity contribution in [2.24, 2.45) is 0 Å². The first-order chi connectivity index (χ1) is 17.6. The molecule has 0 aliphatic rings. The van der Waals surface area contributed by atoms with E-state index in [-0.39, 0.29) is 24.3 Å². The van der Waals surface area contributed by atoms with Crippen molar-refractivity contribution >= 4 is 17.9 Å². The van der Waals surface area contributed by atoms with E-state index < -0.39 is 29.3 Å². The summed E-state index contributed by atoms with van der Waals surface area (Å²) in [7, 11) is 0. The van der Waals surface area contributed by atoms with Crippen LogP contribution < -0.4 is 10.6 Å². The van der Waals surface area contributed by atoms with Crippen LogP contribution in [0, 0.1) is 6.92 Å². The lowest BCUT2D eigenvalue weighted by Gasteiger charge is -2.39. The molecule has 3 atom stereocenters. The highest BCUT2D eigenvalue weighted by atomic mass is 16.6. The minimum absolute atomic E-state index is 0.257. The number of hydrogen-bond donors (Lipinski definition) is 2. The Balaban J connectivity index is 2.61. The predicted molar refractivity (Wildman–Crippen MR) is 152 cm³/mol. The molecule has 0 heterocycles. The molecule has 2 aromatic rings. The first kappa shape index (κ1) is 30.9. The highest BCUT2D eigenvalue weighted by Crippen LogP contribution is 2.29.